The zero-order valence-electron chi connectivity index (χ0n) is 37.0. The van der Waals surface area contributed by atoms with Gasteiger partial charge in [0.15, 0.2) is 0 Å². The van der Waals surface area contributed by atoms with Crippen LogP contribution in [-0.4, -0.2) is 86.7 Å². The average molecular weight is 924 g/mol. The summed E-state index contributed by atoms with van der Waals surface area (Å²) in [5.41, 5.74) is 5.77. The molecule has 0 radical (unpaired) electrons. The molecule has 5 aromatic rings. The van der Waals surface area contributed by atoms with Crippen molar-refractivity contribution in [3.05, 3.63) is 117 Å². The van der Waals surface area contributed by atoms with Crippen molar-refractivity contribution >= 4 is 55.5 Å². The summed E-state index contributed by atoms with van der Waals surface area (Å²) in [7, 11) is -2.91. The average Bonchev–Trinajstić information content (AvgIpc) is 3.77. The van der Waals surface area contributed by atoms with Gasteiger partial charge in [0, 0.05) is 86.2 Å². The first-order valence-electron chi connectivity index (χ1n) is 22.4. The fraction of sp³-hybridized carbons (Fsp3) is 0.429. The van der Waals surface area contributed by atoms with Crippen molar-refractivity contribution in [2.75, 3.05) is 51.3 Å². The van der Waals surface area contributed by atoms with Crippen molar-refractivity contribution in [3.8, 4) is 17.2 Å². The third-order valence-electron chi connectivity index (χ3n) is 13.9. The number of methoxy groups -OCH3 is 1. The maximum absolute atomic E-state index is 14.1. The Kier molecular flexibility index (Phi) is 12.7. The molecule has 3 aromatic carbocycles. The van der Waals surface area contributed by atoms with E-state index in [0.717, 1.165) is 99.8 Å². The number of piperazine rings is 1. The summed E-state index contributed by atoms with van der Waals surface area (Å²) in [6.07, 6.45) is 10.8. The number of H-pyrrole nitrogens is 1. The smallest absolute Gasteiger partial charge is 0.277 e. The van der Waals surface area contributed by atoms with Crippen LogP contribution in [0.5, 0.6) is 17.2 Å². The van der Waals surface area contributed by atoms with E-state index in [-0.39, 0.29) is 40.2 Å². The molecule has 9 rings (SSSR count). The molecule has 0 unspecified atom stereocenters. The highest BCUT2D eigenvalue weighted by atomic mass is 35.5. The number of carbonyl (C=O) groups is 1. The lowest BCUT2D eigenvalue weighted by atomic mass is 9.72. The van der Waals surface area contributed by atoms with Gasteiger partial charge < -0.3 is 24.1 Å². The van der Waals surface area contributed by atoms with Gasteiger partial charge in [0.1, 0.15) is 22.9 Å². The maximum Gasteiger partial charge on any atom is 0.277 e. The Hall–Kier alpha value is -5.48. The van der Waals surface area contributed by atoms with Crippen LogP contribution in [0.15, 0.2) is 89.6 Å². The first-order chi connectivity index (χ1) is 31.2. The number of aromatic amines is 1. The molecule has 4 aliphatic rings. The topological polar surface area (TPSA) is 169 Å². The molecule has 4 heterocycles. The van der Waals surface area contributed by atoms with E-state index in [1.807, 2.05) is 18.2 Å². The van der Waals surface area contributed by atoms with Crippen LogP contribution in [-0.2, 0) is 21.2 Å². The van der Waals surface area contributed by atoms with E-state index >= 15 is 0 Å². The number of benzene rings is 3. The van der Waals surface area contributed by atoms with Crippen LogP contribution in [0.25, 0.3) is 16.6 Å². The second kappa shape index (κ2) is 18.4. The SMILES string of the molecule is COC1CCC([C@H]2COc3cc(S(=O)(=O)NC(=O)c4ccc(N5CCN(CC6=C(c7ccc(Cl)cc7)CC(C)(C)CC6)CC5)cc4Oc4cnc5[nH]ccc5c4)cc([N+](=O)[O-])c3C2)CC1. The highest BCUT2D eigenvalue weighted by Crippen LogP contribution is 2.45. The minimum atomic E-state index is -4.63. The fourth-order valence-corrected chi connectivity index (χ4v) is 11.2. The van der Waals surface area contributed by atoms with Crippen LogP contribution in [0.1, 0.15) is 80.3 Å². The number of nitro groups is 1. The van der Waals surface area contributed by atoms with Crippen molar-refractivity contribution in [3.63, 3.8) is 0 Å². The Morgan fingerprint density at radius 1 is 1.02 bits per heavy atom. The van der Waals surface area contributed by atoms with Gasteiger partial charge in [-0.3, -0.25) is 19.8 Å². The number of hydrogen-bond acceptors (Lipinski definition) is 11. The minimum Gasteiger partial charge on any atom is -0.493 e. The molecule has 2 N–H and O–H groups in total. The molecule has 1 saturated carbocycles. The van der Waals surface area contributed by atoms with Crippen LogP contribution < -0.4 is 19.1 Å². The molecule has 1 amide bonds. The number of fused-ring (bicyclic) bond motifs is 2. The predicted octanol–water partition coefficient (Wildman–Crippen LogP) is 9.58. The molecule has 2 aliphatic heterocycles. The predicted molar refractivity (Wildman–Crippen MR) is 250 cm³/mol. The first kappa shape index (κ1) is 44.7. The second-order valence-corrected chi connectivity index (χ2v) is 20.8. The second-order valence-electron chi connectivity index (χ2n) is 18.7. The zero-order chi connectivity index (χ0) is 45.5. The number of nitrogens with one attached hydrogen (secondary N) is 2. The van der Waals surface area contributed by atoms with Crippen molar-refractivity contribution in [1.29, 1.82) is 0 Å². The number of pyridine rings is 1. The summed E-state index contributed by atoms with van der Waals surface area (Å²) in [5, 5.41) is 13.9. The number of hydrogen-bond donors (Lipinski definition) is 2. The first-order valence-corrected chi connectivity index (χ1v) is 24.3. The molecule has 2 aromatic heterocycles. The highest BCUT2D eigenvalue weighted by molar-refractivity contribution is 7.90. The Labute approximate surface area is 384 Å². The Morgan fingerprint density at radius 3 is 2.52 bits per heavy atom. The van der Waals surface area contributed by atoms with Crippen LogP contribution >= 0.6 is 11.6 Å². The van der Waals surface area contributed by atoms with Crippen molar-refractivity contribution in [1.82, 2.24) is 19.6 Å². The Morgan fingerprint density at radius 2 is 1.78 bits per heavy atom. The summed E-state index contributed by atoms with van der Waals surface area (Å²) >= 11 is 6.25. The molecular weight excluding hydrogens is 868 g/mol. The lowest BCUT2D eigenvalue weighted by Gasteiger charge is -2.39. The summed E-state index contributed by atoms with van der Waals surface area (Å²) in [6.45, 7) is 8.95. The summed E-state index contributed by atoms with van der Waals surface area (Å²) in [6, 6.07) is 19.2. The van der Waals surface area contributed by atoms with Gasteiger partial charge in [-0.2, -0.15) is 0 Å². The molecule has 14 nitrogen and oxygen atoms in total. The molecule has 0 spiro atoms. The fourth-order valence-electron chi connectivity index (χ4n) is 10.1. The van der Waals surface area contributed by atoms with Crippen molar-refractivity contribution < 1.29 is 32.3 Å². The lowest BCUT2D eigenvalue weighted by molar-refractivity contribution is -0.386. The Bertz CT molecular complexity index is 2740. The molecule has 1 atom stereocenters. The standard InChI is InChI=1S/C49H55ClN6O8S/c1-49(2)16-14-34(43(27-49)32-4-8-36(50)9-5-32)29-54-18-20-55(21-19-54)37-10-13-41(46(24-37)64-39-22-33-15-17-51-47(33)52-28-39)48(57)53-65(60,61)40-25-44(56(58)59)42-23-35(30-63-45(42)26-40)31-6-11-38(62-3)12-7-31/h4-5,8-10,13,15,17,22,24-26,28,31,35,38H,6-7,11-12,14,16,18-21,23,27,29-30H2,1-3H3,(H,51,52)(H,53,57)/t31?,35-,38?/m1/s1. The van der Waals surface area contributed by atoms with E-state index in [4.69, 9.17) is 25.8 Å². The van der Waals surface area contributed by atoms with E-state index < -0.39 is 25.7 Å². The molecule has 0 bridgehead atoms. The van der Waals surface area contributed by atoms with Crippen LogP contribution in [0.4, 0.5) is 11.4 Å². The molecule has 1 saturated heterocycles. The highest BCUT2D eigenvalue weighted by Gasteiger charge is 2.37. The van der Waals surface area contributed by atoms with Gasteiger partial charge in [-0.15, -0.1) is 0 Å². The Balaban J connectivity index is 0.938. The number of allylic oxidation sites excluding steroid dienone is 1. The van der Waals surface area contributed by atoms with Crippen LogP contribution in [0, 0.1) is 27.4 Å². The summed E-state index contributed by atoms with van der Waals surface area (Å²) in [4.78, 5) is 37.7. The van der Waals surface area contributed by atoms with Gasteiger partial charge in [-0.25, -0.2) is 18.1 Å². The number of halogens is 1. The van der Waals surface area contributed by atoms with E-state index in [1.54, 1.807) is 37.6 Å². The van der Waals surface area contributed by atoms with Gasteiger partial charge in [0.05, 0.1) is 39.9 Å². The lowest BCUT2D eigenvalue weighted by Crippen LogP contribution is -2.47. The number of nitro benzene ring substituents is 1. The molecule has 342 valence electrons. The number of amides is 1. The normalized spacial score (nSPS) is 21.4. The molecule has 2 aliphatic carbocycles. The van der Waals surface area contributed by atoms with E-state index in [1.165, 1.54) is 29.0 Å². The number of nitrogens with zero attached hydrogens (tertiary/aromatic N) is 4. The van der Waals surface area contributed by atoms with Crippen molar-refractivity contribution in [2.24, 2.45) is 17.3 Å². The van der Waals surface area contributed by atoms with E-state index in [0.29, 0.717) is 35.9 Å². The van der Waals surface area contributed by atoms with Crippen LogP contribution in [0.2, 0.25) is 5.02 Å². The molecule has 65 heavy (non-hydrogen) atoms. The van der Waals surface area contributed by atoms with E-state index in [2.05, 4.69) is 50.5 Å². The van der Waals surface area contributed by atoms with Gasteiger partial charge >= 0.3 is 0 Å². The number of ether oxygens (including phenoxy) is 3. The third kappa shape index (κ3) is 9.89. The van der Waals surface area contributed by atoms with Crippen molar-refractivity contribution in [2.45, 2.75) is 76.2 Å². The van der Waals surface area contributed by atoms with Gasteiger partial charge in [-0.1, -0.05) is 43.2 Å². The van der Waals surface area contributed by atoms with Gasteiger partial charge in [0.2, 0.25) is 0 Å². The number of sulfonamides is 1. The number of aromatic nitrogens is 2. The molecule has 16 heteroatoms. The minimum absolute atomic E-state index is 0.0400. The maximum atomic E-state index is 14.1. The van der Waals surface area contributed by atoms with Gasteiger partial charge in [-0.05, 0) is 110 Å². The largest absolute Gasteiger partial charge is 0.493 e. The number of carbonyl (C=O) groups excluding carboxylic acids is 1. The summed E-state index contributed by atoms with van der Waals surface area (Å²) < 4.78 is 48.0. The zero-order valence-corrected chi connectivity index (χ0v) is 38.6. The van der Waals surface area contributed by atoms with Gasteiger partial charge in [0.25, 0.3) is 21.6 Å². The summed E-state index contributed by atoms with van der Waals surface area (Å²) in [5.74, 6) is 0.0283. The van der Waals surface area contributed by atoms with Crippen LogP contribution in [0.3, 0.4) is 0 Å². The molecular formula is C49H55ClN6O8S. The molecule has 2 fully saturated rings. The quantitative estimate of drug-likeness (QED) is 0.0903. The van der Waals surface area contributed by atoms with E-state index in [9.17, 15) is 23.3 Å². The monoisotopic (exact) mass is 922 g/mol. The third-order valence-corrected chi connectivity index (χ3v) is 15.4. The number of rotatable bonds is 12. The number of anilines is 1.